The van der Waals surface area contributed by atoms with E-state index in [1.54, 1.807) is 20.1 Å². The van der Waals surface area contributed by atoms with Crippen LogP contribution >= 0.6 is 11.6 Å². The van der Waals surface area contributed by atoms with Gasteiger partial charge in [0.05, 0.1) is 19.9 Å². The molecule has 0 bridgehead atoms. The monoisotopic (exact) mass is 402 g/mol. The number of aryl methyl sites for hydroxylation is 1. The second-order valence-electron chi connectivity index (χ2n) is 5.87. The highest BCUT2D eigenvalue weighted by Crippen LogP contribution is 2.29. The molecule has 8 nitrogen and oxygen atoms in total. The number of benzene rings is 1. The molecular weight excluding hydrogens is 384 g/mol. The average molecular weight is 403 g/mol. The van der Waals surface area contributed by atoms with E-state index in [-0.39, 0.29) is 23.9 Å². The zero-order chi connectivity index (χ0) is 20.3. The summed E-state index contributed by atoms with van der Waals surface area (Å²) in [7, 11) is 1.57. The summed E-state index contributed by atoms with van der Waals surface area (Å²) in [5, 5.41) is 7.76. The Morgan fingerprint density at radius 1 is 1.32 bits per heavy atom. The summed E-state index contributed by atoms with van der Waals surface area (Å²) >= 11 is 5.61. The lowest BCUT2D eigenvalue weighted by Crippen LogP contribution is -2.19. The fraction of sp³-hybridized carbons (Fsp3) is 0.263. The molecular formula is C19H19ClN4O4. The van der Waals surface area contributed by atoms with E-state index in [9.17, 15) is 9.59 Å². The van der Waals surface area contributed by atoms with Crippen LogP contribution in [0.15, 0.2) is 30.5 Å². The summed E-state index contributed by atoms with van der Waals surface area (Å²) in [6, 6.07) is 7.43. The number of aromatic nitrogens is 3. The van der Waals surface area contributed by atoms with Crippen LogP contribution in [0.25, 0.3) is 16.7 Å². The van der Waals surface area contributed by atoms with E-state index in [1.165, 1.54) is 10.9 Å². The first kappa shape index (κ1) is 19.6. The Labute approximate surface area is 166 Å². The maximum atomic E-state index is 12.3. The highest BCUT2D eigenvalue weighted by atomic mass is 35.5. The minimum absolute atomic E-state index is 0.111. The third-order valence-corrected chi connectivity index (χ3v) is 4.32. The standard InChI is InChI=1S/C19H19ClN4O4/c1-4-28-19(26)13-10-21-24(18(13)23-16(25)9-20)15-8-11(2)12-6-5-7-14(27-3)17(12)22-15/h5-8,10H,4,9H2,1-3H3,(H,23,25). The number of hydrogen-bond donors (Lipinski definition) is 1. The predicted molar refractivity (Wildman–Crippen MR) is 105 cm³/mol. The normalized spacial score (nSPS) is 10.7. The fourth-order valence-electron chi connectivity index (χ4n) is 2.81. The number of methoxy groups -OCH3 is 1. The first-order valence-electron chi connectivity index (χ1n) is 8.55. The number of rotatable bonds is 6. The highest BCUT2D eigenvalue weighted by Gasteiger charge is 2.22. The van der Waals surface area contributed by atoms with Crippen molar-refractivity contribution in [3.05, 3.63) is 41.6 Å². The number of para-hydroxylation sites is 1. The molecule has 0 aliphatic carbocycles. The molecule has 0 aliphatic rings. The molecule has 0 unspecified atom stereocenters. The summed E-state index contributed by atoms with van der Waals surface area (Å²) in [4.78, 5) is 28.8. The number of pyridine rings is 1. The van der Waals surface area contributed by atoms with Gasteiger partial charge in [0.2, 0.25) is 5.91 Å². The average Bonchev–Trinajstić information content (AvgIpc) is 3.11. The van der Waals surface area contributed by atoms with Gasteiger partial charge >= 0.3 is 5.97 Å². The van der Waals surface area contributed by atoms with Gasteiger partial charge in [-0.3, -0.25) is 4.79 Å². The summed E-state index contributed by atoms with van der Waals surface area (Å²) < 4.78 is 11.8. The molecule has 3 aromatic rings. The summed E-state index contributed by atoms with van der Waals surface area (Å²) in [6.45, 7) is 3.82. The minimum atomic E-state index is -0.603. The van der Waals surface area contributed by atoms with Gasteiger partial charge in [0.1, 0.15) is 22.7 Å². The lowest BCUT2D eigenvalue weighted by Gasteiger charge is -2.13. The fourth-order valence-corrected chi connectivity index (χ4v) is 2.88. The van der Waals surface area contributed by atoms with Crippen LogP contribution in [0.4, 0.5) is 5.82 Å². The molecule has 0 atom stereocenters. The van der Waals surface area contributed by atoms with E-state index in [4.69, 9.17) is 21.1 Å². The van der Waals surface area contributed by atoms with Gasteiger partial charge in [-0.05, 0) is 31.5 Å². The highest BCUT2D eigenvalue weighted by molar-refractivity contribution is 6.29. The molecule has 28 heavy (non-hydrogen) atoms. The van der Waals surface area contributed by atoms with E-state index < -0.39 is 11.9 Å². The number of amides is 1. The number of fused-ring (bicyclic) bond motifs is 1. The second-order valence-corrected chi connectivity index (χ2v) is 6.14. The lowest BCUT2D eigenvalue weighted by atomic mass is 10.1. The number of halogens is 1. The van der Waals surface area contributed by atoms with Crippen molar-refractivity contribution in [2.75, 3.05) is 24.9 Å². The molecule has 0 fully saturated rings. The third-order valence-electron chi connectivity index (χ3n) is 4.08. The molecule has 0 saturated heterocycles. The van der Waals surface area contributed by atoms with Crippen LogP contribution in [0.5, 0.6) is 5.75 Å². The number of carbonyl (C=O) groups is 2. The molecule has 0 radical (unpaired) electrons. The Hall–Kier alpha value is -3.13. The van der Waals surface area contributed by atoms with Gasteiger partial charge in [0.15, 0.2) is 11.6 Å². The zero-order valence-electron chi connectivity index (χ0n) is 15.7. The first-order chi connectivity index (χ1) is 13.5. The molecule has 2 heterocycles. The van der Waals surface area contributed by atoms with Crippen molar-refractivity contribution in [3.8, 4) is 11.6 Å². The number of alkyl halides is 1. The number of nitrogens with one attached hydrogen (secondary N) is 1. The maximum absolute atomic E-state index is 12.3. The minimum Gasteiger partial charge on any atom is -0.494 e. The molecule has 1 amide bonds. The molecule has 2 aromatic heterocycles. The molecule has 0 aliphatic heterocycles. The number of anilines is 1. The van der Waals surface area contributed by atoms with Crippen LogP contribution in [0.3, 0.4) is 0 Å². The molecule has 0 spiro atoms. The SMILES string of the molecule is CCOC(=O)c1cnn(-c2cc(C)c3cccc(OC)c3n2)c1NC(=O)CCl. The maximum Gasteiger partial charge on any atom is 0.343 e. The Balaban J connectivity index is 2.20. The topological polar surface area (TPSA) is 95.3 Å². The van der Waals surface area contributed by atoms with Crippen LogP contribution in [0, 0.1) is 6.92 Å². The van der Waals surface area contributed by atoms with Gasteiger partial charge in [-0.2, -0.15) is 9.78 Å². The number of ether oxygens (including phenoxy) is 2. The van der Waals surface area contributed by atoms with Crippen LogP contribution in [-0.4, -0.2) is 46.2 Å². The summed E-state index contributed by atoms with van der Waals surface area (Å²) in [5.41, 5.74) is 1.68. The van der Waals surface area contributed by atoms with Gasteiger partial charge < -0.3 is 14.8 Å². The van der Waals surface area contributed by atoms with Crippen molar-refractivity contribution in [2.45, 2.75) is 13.8 Å². The Bertz CT molecular complexity index is 1050. The van der Waals surface area contributed by atoms with E-state index in [2.05, 4.69) is 15.4 Å². The van der Waals surface area contributed by atoms with Crippen molar-refractivity contribution in [1.82, 2.24) is 14.8 Å². The third kappa shape index (κ3) is 3.63. The van der Waals surface area contributed by atoms with E-state index in [0.29, 0.717) is 17.1 Å². The van der Waals surface area contributed by atoms with Crippen LogP contribution in [0.2, 0.25) is 0 Å². The first-order valence-corrected chi connectivity index (χ1v) is 9.09. The van der Waals surface area contributed by atoms with E-state index >= 15 is 0 Å². The van der Waals surface area contributed by atoms with Gasteiger partial charge in [-0.15, -0.1) is 11.6 Å². The number of nitrogens with zero attached hydrogens (tertiary/aromatic N) is 3. The molecule has 0 saturated carbocycles. The molecule has 146 valence electrons. The summed E-state index contributed by atoms with van der Waals surface area (Å²) in [6.07, 6.45) is 1.32. The van der Waals surface area contributed by atoms with Crippen LogP contribution < -0.4 is 10.1 Å². The predicted octanol–water partition coefficient (Wildman–Crippen LogP) is 3.09. The molecule has 9 heteroatoms. The largest absolute Gasteiger partial charge is 0.494 e. The molecule has 1 N–H and O–H groups in total. The smallest absolute Gasteiger partial charge is 0.343 e. The molecule has 3 rings (SSSR count). The summed E-state index contributed by atoms with van der Waals surface area (Å²) in [5.74, 6) is -0.199. The van der Waals surface area contributed by atoms with Crippen molar-refractivity contribution >= 4 is 40.2 Å². The Morgan fingerprint density at radius 2 is 2.11 bits per heavy atom. The number of esters is 1. The molecule has 1 aromatic carbocycles. The Morgan fingerprint density at radius 3 is 2.79 bits per heavy atom. The van der Waals surface area contributed by atoms with Gasteiger partial charge in [-0.25, -0.2) is 9.78 Å². The van der Waals surface area contributed by atoms with Gasteiger partial charge in [0.25, 0.3) is 0 Å². The van der Waals surface area contributed by atoms with Gasteiger partial charge in [-0.1, -0.05) is 12.1 Å². The Kier molecular flexibility index (Phi) is 5.79. The van der Waals surface area contributed by atoms with Crippen molar-refractivity contribution in [3.63, 3.8) is 0 Å². The van der Waals surface area contributed by atoms with Crippen molar-refractivity contribution < 1.29 is 19.1 Å². The van der Waals surface area contributed by atoms with Crippen LogP contribution in [-0.2, 0) is 9.53 Å². The number of carbonyl (C=O) groups excluding carboxylic acids is 2. The second kappa shape index (κ2) is 8.26. The quantitative estimate of drug-likeness (QED) is 0.503. The van der Waals surface area contributed by atoms with E-state index in [1.807, 2.05) is 25.1 Å². The van der Waals surface area contributed by atoms with Gasteiger partial charge in [0, 0.05) is 5.39 Å². The van der Waals surface area contributed by atoms with Crippen LogP contribution in [0.1, 0.15) is 22.8 Å². The zero-order valence-corrected chi connectivity index (χ0v) is 16.4. The van der Waals surface area contributed by atoms with E-state index in [0.717, 1.165) is 10.9 Å². The number of hydrogen-bond acceptors (Lipinski definition) is 6. The lowest BCUT2D eigenvalue weighted by molar-refractivity contribution is -0.114. The van der Waals surface area contributed by atoms with Crippen molar-refractivity contribution in [2.24, 2.45) is 0 Å². The van der Waals surface area contributed by atoms with Crippen molar-refractivity contribution in [1.29, 1.82) is 0 Å².